The van der Waals surface area contributed by atoms with E-state index in [-0.39, 0.29) is 12.1 Å². The van der Waals surface area contributed by atoms with E-state index in [1.807, 2.05) is 0 Å². The fourth-order valence-electron chi connectivity index (χ4n) is 2.52. The van der Waals surface area contributed by atoms with Crippen LogP contribution in [-0.4, -0.2) is 24.0 Å². The lowest BCUT2D eigenvalue weighted by atomic mass is 10.0. The molecular weight excluding hydrogens is 246 g/mol. The number of hydrogen-bond donors (Lipinski definition) is 1. The van der Waals surface area contributed by atoms with Gasteiger partial charge < -0.3 is 5.73 Å². The molecule has 1 atom stereocenters. The molecule has 0 aromatic heterocycles. The summed E-state index contributed by atoms with van der Waals surface area (Å²) in [6.45, 7) is 5.35. The Balaban J connectivity index is 2.27. The second-order valence-corrected chi connectivity index (χ2v) is 5.63. The SMILES string of the molecule is CC(C)N(CC1CC1)C(CN)c1cccc(F)c1F. The zero-order valence-corrected chi connectivity index (χ0v) is 11.6. The topological polar surface area (TPSA) is 29.3 Å². The Morgan fingerprint density at radius 1 is 1.32 bits per heavy atom. The van der Waals surface area contributed by atoms with Crippen molar-refractivity contribution in [2.24, 2.45) is 11.7 Å². The molecule has 1 aliphatic carbocycles. The van der Waals surface area contributed by atoms with E-state index in [2.05, 4.69) is 18.7 Å². The van der Waals surface area contributed by atoms with E-state index in [4.69, 9.17) is 5.73 Å². The van der Waals surface area contributed by atoms with Crippen LogP contribution in [-0.2, 0) is 0 Å². The maximum absolute atomic E-state index is 14.0. The van der Waals surface area contributed by atoms with Crippen LogP contribution in [0.25, 0.3) is 0 Å². The van der Waals surface area contributed by atoms with Crippen molar-refractivity contribution >= 4 is 0 Å². The van der Waals surface area contributed by atoms with Crippen LogP contribution in [0.1, 0.15) is 38.3 Å². The van der Waals surface area contributed by atoms with Crippen LogP contribution in [0.4, 0.5) is 8.78 Å². The smallest absolute Gasteiger partial charge is 0.163 e. The molecule has 0 bridgehead atoms. The summed E-state index contributed by atoms with van der Waals surface area (Å²) >= 11 is 0. The summed E-state index contributed by atoms with van der Waals surface area (Å²) in [5.74, 6) is -0.876. The minimum absolute atomic E-state index is 0.253. The molecule has 1 fully saturated rings. The Kier molecular flexibility index (Phi) is 4.53. The Hall–Kier alpha value is -1.00. The summed E-state index contributed by atoms with van der Waals surface area (Å²) in [4.78, 5) is 2.19. The molecule has 0 amide bonds. The minimum atomic E-state index is -0.800. The van der Waals surface area contributed by atoms with Crippen LogP contribution in [0.2, 0.25) is 0 Å². The van der Waals surface area contributed by atoms with Crippen LogP contribution in [0.5, 0.6) is 0 Å². The van der Waals surface area contributed by atoms with Crippen molar-refractivity contribution in [3.63, 3.8) is 0 Å². The largest absolute Gasteiger partial charge is 0.329 e. The second-order valence-electron chi connectivity index (χ2n) is 5.63. The maximum Gasteiger partial charge on any atom is 0.163 e. The first-order valence-electron chi connectivity index (χ1n) is 6.94. The highest BCUT2D eigenvalue weighted by atomic mass is 19.2. The van der Waals surface area contributed by atoms with Crippen LogP contribution < -0.4 is 5.73 Å². The monoisotopic (exact) mass is 268 g/mol. The summed E-state index contributed by atoms with van der Waals surface area (Å²) < 4.78 is 27.3. The number of halogens is 2. The maximum atomic E-state index is 14.0. The molecule has 2 rings (SSSR count). The third-order valence-corrected chi connectivity index (χ3v) is 3.79. The fourth-order valence-corrected chi connectivity index (χ4v) is 2.52. The molecule has 0 radical (unpaired) electrons. The van der Waals surface area contributed by atoms with Crippen molar-refractivity contribution < 1.29 is 8.78 Å². The Morgan fingerprint density at radius 3 is 2.53 bits per heavy atom. The first-order chi connectivity index (χ1) is 9.04. The molecule has 2 nitrogen and oxygen atoms in total. The van der Waals surface area contributed by atoms with Crippen molar-refractivity contribution in [1.29, 1.82) is 0 Å². The molecule has 0 aliphatic heterocycles. The molecule has 1 saturated carbocycles. The van der Waals surface area contributed by atoms with Gasteiger partial charge in [-0.05, 0) is 38.7 Å². The summed E-state index contributed by atoms with van der Waals surface area (Å²) in [6, 6.07) is 4.34. The van der Waals surface area contributed by atoms with Gasteiger partial charge in [0.2, 0.25) is 0 Å². The molecular formula is C15H22F2N2. The van der Waals surface area contributed by atoms with Gasteiger partial charge in [0.1, 0.15) is 0 Å². The number of benzene rings is 1. The normalized spacial score (nSPS) is 17.2. The molecule has 0 spiro atoms. The average Bonchev–Trinajstić information content (AvgIpc) is 3.17. The van der Waals surface area contributed by atoms with E-state index in [9.17, 15) is 8.78 Å². The lowest BCUT2D eigenvalue weighted by molar-refractivity contribution is 0.146. The van der Waals surface area contributed by atoms with E-state index in [0.717, 1.165) is 12.6 Å². The summed E-state index contributed by atoms with van der Waals surface area (Å²) in [6.07, 6.45) is 2.46. The molecule has 1 aliphatic rings. The molecule has 4 heteroatoms. The zero-order chi connectivity index (χ0) is 14.0. The van der Waals surface area contributed by atoms with Crippen LogP contribution in [0.3, 0.4) is 0 Å². The van der Waals surface area contributed by atoms with Gasteiger partial charge in [-0.1, -0.05) is 12.1 Å². The van der Waals surface area contributed by atoms with Crippen molar-refractivity contribution in [2.45, 2.75) is 38.8 Å². The van der Waals surface area contributed by atoms with Crippen LogP contribution >= 0.6 is 0 Å². The van der Waals surface area contributed by atoms with Crippen LogP contribution in [0, 0.1) is 17.6 Å². The number of nitrogens with two attached hydrogens (primary N) is 1. The van der Waals surface area contributed by atoms with Gasteiger partial charge >= 0.3 is 0 Å². The van der Waals surface area contributed by atoms with Gasteiger partial charge in [-0.15, -0.1) is 0 Å². The van der Waals surface area contributed by atoms with E-state index in [0.29, 0.717) is 18.0 Å². The van der Waals surface area contributed by atoms with Gasteiger partial charge in [-0.3, -0.25) is 4.90 Å². The number of rotatable bonds is 6. The van der Waals surface area contributed by atoms with Gasteiger partial charge in [0.15, 0.2) is 11.6 Å². The highest BCUT2D eigenvalue weighted by Gasteiger charge is 2.31. The first kappa shape index (κ1) is 14.4. The van der Waals surface area contributed by atoms with Gasteiger partial charge in [-0.25, -0.2) is 8.78 Å². The Bertz CT molecular complexity index is 430. The Morgan fingerprint density at radius 2 is 2.00 bits per heavy atom. The third kappa shape index (κ3) is 3.31. The summed E-state index contributed by atoms with van der Waals surface area (Å²) in [5, 5.41) is 0. The summed E-state index contributed by atoms with van der Waals surface area (Å²) in [7, 11) is 0. The van der Waals surface area contributed by atoms with E-state index >= 15 is 0 Å². The lowest BCUT2D eigenvalue weighted by Gasteiger charge is -2.35. The van der Waals surface area contributed by atoms with Gasteiger partial charge in [0.05, 0.1) is 6.04 Å². The van der Waals surface area contributed by atoms with Crippen LogP contribution in [0.15, 0.2) is 18.2 Å². The molecule has 1 unspecified atom stereocenters. The van der Waals surface area contributed by atoms with Crippen molar-refractivity contribution in [1.82, 2.24) is 4.90 Å². The molecule has 0 heterocycles. The van der Waals surface area contributed by atoms with E-state index < -0.39 is 11.6 Å². The molecule has 0 saturated heterocycles. The van der Waals surface area contributed by atoms with Gasteiger partial charge in [0.25, 0.3) is 0 Å². The average molecular weight is 268 g/mol. The fraction of sp³-hybridized carbons (Fsp3) is 0.600. The van der Waals surface area contributed by atoms with E-state index in [1.54, 1.807) is 12.1 Å². The third-order valence-electron chi connectivity index (χ3n) is 3.79. The predicted octanol–water partition coefficient (Wildman–Crippen LogP) is 3.09. The quantitative estimate of drug-likeness (QED) is 0.859. The van der Waals surface area contributed by atoms with E-state index in [1.165, 1.54) is 12.8 Å². The number of hydrogen-bond acceptors (Lipinski definition) is 2. The minimum Gasteiger partial charge on any atom is -0.329 e. The predicted molar refractivity (Wildman–Crippen MR) is 72.7 cm³/mol. The van der Waals surface area contributed by atoms with Gasteiger partial charge in [-0.2, -0.15) is 0 Å². The first-order valence-corrected chi connectivity index (χ1v) is 6.94. The molecule has 2 N–H and O–H groups in total. The standard InChI is InChI=1S/C15H22F2N2/c1-10(2)19(9-11-6-7-11)14(8-18)12-4-3-5-13(16)15(12)17/h3-5,10-11,14H,6-9,18H2,1-2H3. The Labute approximate surface area is 113 Å². The molecule has 19 heavy (non-hydrogen) atoms. The zero-order valence-electron chi connectivity index (χ0n) is 11.6. The highest BCUT2D eigenvalue weighted by molar-refractivity contribution is 5.23. The molecule has 1 aromatic rings. The lowest BCUT2D eigenvalue weighted by Crippen LogP contribution is -2.40. The molecule has 106 valence electrons. The summed E-state index contributed by atoms with van der Waals surface area (Å²) in [5.41, 5.74) is 6.20. The highest BCUT2D eigenvalue weighted by Crippen LogP contribution is 2.34. The second kappa shape index (κ2) is 5.97. The molecule has 1 aromatic carbocycles. The number of nitrogens with zero attached hydrogens (tertiary/aromatic N) is 1. The van der Waals surface area contributed by atoms with Crippen molar-refractivity contribution in [3.05, 3.63) is 35.4 Å². The van der Waals surface area contributed by atoms with Crippen molar-refractivity contribution in [3.8, 4) is 0 Å². The van der Waals surface area contributed by atoms with Gasteiger partial charge in [0, 0.05) is 24.7 Å². The van der Waals surface area contributed by atoms with Crippen molar-refractivity contribution in [2.75, 3.05) is 13.1 Å².